The lowest BCUT2D eigenvalue weighted by molar-refractivity contribution is -0.141. The van der Waals surface area contributed by atoms with Crippen molar-refractivity contribution in [2.45, 2.75) is 31.0 Å². The Balaban J connectivity index is 1.59. The van der Waals surface area contributed by atoms with Gasteiger partial charge >= 0.3 is 6.03 Å². The van der Waals surface area contributed by atoms with E-state index in [1.807, 2.05) is 18.2 Å². The molecule has 0 spiro atoms. The van der Waals surface area contributed by atoms with Crippen molar-refractivity contribution in [1.82, 2.24) is 5.32 Å². The predicted octanol–water partition coefficient (Wildman–Crippen LogP) is 4.09. The number of methoxy groups -OCH3 is 1. The minimum absolute atomic E-state index is 0.254. The van der Waals surface area contributed by atoms with Crippen molar-refractivity contribution in [3.63, 3.8) is 0 Å². The Hall–Kier alpha value is -3.84. The number of aryl methyl sites for hydroxylation is 1. The summed E-state index contributed by atoms with van der Waals surface area (Å²) < 4.78 is 5.30. The summed E-state index contributed by atoms with van der Waals surface area (Å²) >= 11 is 0. The Kier molecular flexibility index (Phi) is 5.26. The van der Waals surface area contributed by atoms with E-state index >= 15 is 0 Å². The fraction of sp³-hybridized carbons (Fsp3) is 0.231. The summed E-state index contributed by atoms with van der Waals surface area (Å²) in [7, 11) is 1.52. The second kappa shape index (κ2) is 8.26. The van der Waals surface area contributed by atoms with E-state index in [9.17, 15) is 14.7 Å². The quantitative estimate of drug-likeness (QED) is 0.567. The Morgan fingerprint density at radius 1 is 1.12 bits per heavy atom. The monoisotopic (exact) mass is 443 g/mol. The number of aliphatic hydroxyl groups is 1. The van der Waals surface area contributed by atoms with Gasteiger partial charge in [-0.2, -0.15) is 0 Å². The summed E-state index contributed by atoms with van der Waals surface area (Å²) in [5.74, 6) is -0.155. The maximum Gasteiger partial charge on any atom is 0.329 e. The summed E-state index contributed by atoms with van der Waals surface area (Å²) in [6.45, 7) is 0. The number of nitrogens with zero attached hydrogens (tertiary/aromatic N) is 1. The van der Waals surface area contributed by atoms with Crippen LogP contribution < -0.4 is 20.3 Å². The van der Waals surface area contributed by atoms with Crippen LogP contribution in [0.2, 0.25) is 0 Å². The van der Waals surface area contributed by atoms with E-state index in [-0.39, 0.29) is 6.04 Å². The van der Waals surface area contributed by atoms with E-state index < -0.39 is 17.7 Å². The number of para-hydroxylation sites is 1. The molecule has 3 amide bonds. The molecule has 0 saturated carbocycles. The molecule has 0 radical (unpaired) electrons. The smallest absolute Gasteiger partial charge is 0.329 e. The zero-order valence-electron chi connectivity index (χ0n) is 18.2. The molecule has 1 heterocycles. The van der Waals surface area contributed by atoms with E-state index in [1.54, 1.807) is 48.5 Å². The van der Waals surface area contributed by atoms with Gasteiger partial charge in [-0.25, -0.2) is 4.79 Å². The third kappa shape index (κ3) is 3.50. The van der Waals surface area contributed by atoms with Gasteiger partial charge in [-0.15, -0.1) is 0 Å². The highest BCUT2D eigenvalue weighted by atomic mass is 16.5. The number of urea groups is 1. The first-order valence-electron chi connectivity index (χ1n) is 11.0. The van der Waals surface area contributed by atoms with Gasteiger partial charge in [0.25, 0.3) is 11.6 Å². The SMILES string of the molecule is COc1cccc(N2C(=O)Nc3ccccc3[C@@]2(O)C(=O)N[C@H]2CCCc3ccccc32)c1. The van der Waals surface area contributed by atoms with Crippen molar-refractivity contribution in [1.29, 1.82) is 0 Å². The van der Waals surface area contributed by atoms with Crippen LogP contribution in [0.15, 0.2) is 72.8 Å². The average Bonchev–Trinajstić information content (AvgIpc) is 2.84. The molecule has 3 aromatic rings. The van der Waals surface area contributed by atoms with Crippen molar-refractivity contribution in [2.24, 2.45) is 0 Å². The first-order valence-corrected chi connectivity index (χ1v) is 11.0. The third-order valence-electron chi connectivity index (χ3n) is 6.37. The van der Waals surface area contributed by atoms with E-state index in [1.165, 1.54) is 12.7 Å². The Morgan fingerprint density at radius 3 is 2.76 bits per heavy atom. The maximum atomic E-state index is 13.8. The fourth-order valence-corrected chi connectivity index (χ4v) is 4.77. The van der Waals surface area contributed by atoms with Gasteiger partial charge in [0, 0.05) is 11.6 Å². The molecule has 2 atom stereocenters. The lowest BCUT2D eigenvalue weighted by atomic mass is 9.87. The number of fused-ring (bicyclic) bond motifs is 2. The minimum Gasteiger partial charge on any atom is -0.497 e. The van der Waals surface area contributed by atoms with E-state index in [0.717, 1.165) is 29.7 Å². The molecule has 7 nitrogen and oxygen atoms in total. The van der Waals surface area contributed by atoms with E-state index in [2.05, 4.69) is 16.7 Å². The van der Waals surface area contributed by atoms with Crippen molar-refractivity contribution in [3.8, 4) is 5.75 Å². The van der Waals surface area contributed by atoms with Crippen LogP contribution in [0.1, 0.15) is 35.6 Å². The standard InChI is InChI=1S/C26H25N3O4/c1-33-19-11-7-10-18(16-19)29-25(31)28-23-14-5-4-13-21(23)26(29,32)24(30)27-22-15-6-9-17-8-2-3-12-20(17)22/h2-5,7-8,10-14,16,22,32H,6,9,15H2,1H3,(H,27,30)(H,28,31)/t22-,26+/m0/s1. The Labute approximate surface area is 192 Å². The van der Waals surface area contributed by atoms with Crippen LogP contribution in [0.3, 0.4) is 0 Å². The van der Waals surface area contributed by atoms with Gasteiger partial charge < -0.3 is 20.5 Å². The number of rotatable bonds is 4. The first kappa shape index (κ1) is 21.0. The Morgan fingerprint density at radius 2 is 1.91 bits per heavy atom. The van der Waals surface area contributed by atoms with Gasteiger partial charge in [0.15, 0.2) is 0 Å². The van der Waals surface area contributed by atoms with Gasteiger partial charge in [0.05, 0.1) is 24.5 Å². The summed E-state index contributed by atoms with van der Waals surface area (Å²) in [6.07, 6.45) is 2.64. The molecule has 168 valence electrons. The topological polar surface area (TPSA) is 90.9 Å². The molecular weight excluding hydrogens is 418 g/mol. The molecule has 1 aliphatic carbocycles. The van der Waals surface area contributed by atoms with Crippen LogP contribution in [0, 0.1) is 0 Å². The van der Waals surface area contributed by atoms with Crippen LogP contribution in [0.4, 0.5) is 16.2 Å². The summed E-state index contributed by atoms with van der Waals surface area (Å²) in [5, 5.41) is 17.8. The van der Waals surface area contributed by atoms with Crippen LogP contribution in [0.5, 0.6) is 5.75 Å². The molecule has 2 aliphatic rings. The number of benzene rings is 3. The molecule has 1 aliphatic heterocycles. The molecule has 0 aromatic heterocycles. The third-order valence-corrected chi connectivity index (χ3v) is 6.37. The minimum atomic E-state index is -2.25. The van der Waals surface area contributed by atoms with Gasteiger partial charge in [-0.3, -0.25) is 9.69 Å². The number of nitrogens with one attached hydrogen (secondary N) is 2. The molecule has 0 unspecified atom stereocenters. The highest BCUT2D eigenvalue weighted by molar-refractivity contribution is 6.12. The highest BCUT2D eigenvalue weighted by Gasteiger charge is 2.52. The molecule has 3 N–H and O–H groups in total. The highest BCUT2D eigenvalue weighted by Crippen LogP contribution is 2.41. The Bertz CT molecular complexity index is 1230. The maximum absolute atomic E-state index is 13.8. The van der Waals surface area contributed by atoms with Gasteiger partial charge in [-0.05, 0) is 48.6 Å². The van der Waals surface area contributed by atoms with Crippen molar-refractivity contribution in [3.05, 3.63) is 89.5 Å². The zero-order chi connectivity index (χ0) is 23.0. The average molecular weight is 444 g/mol. The van der Waals surface area contributed by atoms with Crippen LogP contribution >= 0.6 is 0 Å². The second-order valence-corrected chi connectivity index (χ2v) is 8.30. The van der Waals surface area contributed by atoms with Gasteiger partial charge in [0.1, 0.15) is 5.75 Å². The number of hydrogen-bond acceptors (Lipinski definition) is 4. The lowest BCUT2D eigenvalue weighted by Gasteiger charge is -2.43. The molecule has 33 heavy (non-hydrogen) atoms. The normalized spacial score (nSPS) is 21.5. The largest absolute Gasteiger partial charge is 0.497 e. The van der Waals surface area contributed by atoms with Gasteiger partial charge in [-0.1, -0.05) is 48.5 Å². The summed E-state index contributed by atoms with van der Waals surface area (Å²) in [6, 6.07) is 20.6. The number of ether oxygens (including phenoxy) is 1. The molecular formula is C26H25N3O4. The van der Waals surface area contributed by atoms with Gasteiger partial charge in [0.2, 0.25) is 0 Å². The number of carbonyl (C=O) groups is 2. The van der Waals surface area contributed by atoms with Crippen molar-refractivity contribution >= 4 is 23.3 Å². The number of anilines is 2. The summed E-state index contributed by atoms with van der Waals surface area (Å²) in [5.41, 5.74) is 1.01. The van der Waals surface area contributed by atoms with Crippen LogP contribution in [-0.4, -0.2) is 24.2 Å². The van der Waals surface area contributed by atoms with E-state index in [4.69, 9.17) is 4.74 Å². The van der Waals surface area contributed by atoms with Crippen molar-refractivity contribution in [2.75, 3.05) is 17.3 Å². The summed E-state index contributed by atoms with van der Waals surface area (Å²) in [4.78, 5) is 28.1. The lowest BCUT2D eigenvalue weighted by Crippen LogP contribution is -2.63. The predicted molar refractivity (Wildman–Crippen MR) is 125 cm³/mol. The molecule has 3 aromatic carbocycles. The van der Waals surface area contributed by atoms with Crippen LogP contribution in [0.25, 0.3) is 0 Å². The molecule has 0 bridgehead atoms. The van der Waals surface area contributed by atoms with E-state index in [0.29, 0.717) is 22.7 Å². The molecule has 0 fully saturated rings. The second-order valence-electron chi connectivity index (χ2n) is 8.30. The number of hydrogen-bond donors (Lipinski definition) is 3. The molecule has 5 rings (SSSR count). The molecule has 0 saturated heterocycles. The fourth-order valence-electron chi connectivity index (χ4n) is 4.77. The number of carbonyl (C=O) groups excluding carboxylic acids is 2. The van der Waals surface area contributed by atoms with Crippen molar-refractivity contribution < 1.29 is 19.4 Å². The van der Waals surface area contributed by atoms with Crippen LogP contribution in [-0.2, 0) is 16.9 Å². The zero-order valence-corrected chi connectivity index (χ0v) is 18.2. The molecule has 7 heteroatoms. The number of amides is 3. The first-order chi connectivity index (χ1) is 16.0.